The van der Waals surface area contributed by atoms with Crippen LogP contribution >= 0.6 is 0 Å². The van der Waals surface area contributed by atoms with Crippen LogP contribution in [0.5, 0.6) is 0 Å². The van der Waals surface area contributed by atoms with E-state index in [4.69, 9.17) is 9.47 Å². The summed E-state index contributed by atoms with van der Waals surface area (Å²) in [6.45, 7) is 3.81. The molecule has 3 unspecified atom stereocenters. The van der Waals surface area contributed by atoms with Crippen LogP contribution in [0, 0.1) is 0 Å². The number of nitrogens with one attached hydrogen (secondary N) is 1. The molecule has 0 saturated carbocycles. The normalized spacial score (nSPS) is 37.9. The Balaban J connectivity index is 1.66. The fourth-order valence-corrected chi connectivity index (χ4v) is 3.99. The van der Waals surface area contributed by atoms with Gasteiger partial charge in [0.15, 0.2) is 0 Å². The molecule has 3 fully saturated rings. The topological polar surface area (TPSA) is 50.8 Å². The molecule has 0 bridgehead atoms. The maximum Gasteiger partial charge on any atom is 0.326 e. The average molecular weight is 282 g/mol. The second kappa shape index (κ2) is 6.00. The minimum absolute atomic E-state index is 0.0953. The van der Waals surface area contributed by atoms with E-state index in [2.05, 4.69) is 10.2 Å². The molecule has 3 atom stereocenters. The third-order valence-electron chi connectivity index (χ3n) is 5.18. The smallest absolute Gasteiger partial charge is 0.326 e. The van der Waals surface area contributed by atoms with Crippen LogP contribution in [0.2, 0.25) is 0 Å². The Morgan fingerprint density at radius 3 is 3.05 bits per heavy atom. The van der Waals surface area contributed by atoms with Crippen molar-refractivity contribution in [1.82, 2.24) is 10.2 Å². The molecule has 3 aliphatic heterocycles. The number of hydrogen-bond acceptors (Lipinski definition) is 5. The highest BCUT2D eigenvalue weighted by Crippen LogP contribution is 2.34. The largest absolute Gasteiger partial charge is 0.468 e. The number of rotatable bonds is 4. The van der Waals surface area contributed by atoms with Gasteiger partial charge in [-0.1, -0.05) is 0 Å². The van der Waals surface area contributed by atoms with E-state index in [0.717, 1.165) is 45.4 Å². The van der Waals surface area contributed by atoms with Gasteiger partial charge in [-0.3, -0.25) is 10.1 Å². The first-order valence-electron chi connectivity index (χ1n) is 7.93. The van der Waals surface area contributed by atoms with Crippen LogP contribution in [0.15, 0.2) is 0 Å². The second-order valence-corrected chi connectivity index (χ2v) is 6.38. The molecule has 1 N–H and O–H groups in total. The van der Waals surface area contributed by atoms with E-state index >= 15 is 0 Å². The lowest BCUT2D eigenvalue weighted by molar-refractivity contribution is -0.152. The zero-order valence-electron chi connectivity index (χ0n) is 12.4. The Labute approximate surface area is 121 Å². The zero-order chi connectivity index (χ0) is 14.0. The van der Waals surface area contributed by atoms with Crippen molar-refractivity contribution in [2.24, 2.45) is 0 Å². The van der Waals surface area contributed by atoms with E-state index in [1.54, 1.807) is 0 Å². The van der Waals surface area contributed by atoms with Gasteiger partial charge in [-0.2, -0.15) is 0 Å². The first kappa shape index (κ1) is 14.3. The van der Waals surface area contributed by atoms with Gasteiger partial charge >= 0.3 is 5.97 Å². The second-order valence-electron chi connectivity index (χ2n) is 6.38. The number of esters is 1. The average Bonchev–Trinajstić information content (AvgIpc) is 3.14. The molecule has 5 heteroatoms. The van der Waals surface area contributed by atoms with Crippen LogP contribution in [0.3, 0.4) is 0 Å². The summed E-state index contributed by atoms with van der Waals surface area (Å²) in [5, 5.41) is 3.51. The van der Waals surface area contributed by atoms with Gasteiger partial charge in [0.25, 0.3) is 0 Å². The third kappa shape index (κ3) is 2.71. The first-order valence-corrected chi connectivity index (χ1v) is 7.93. The molecule has 0 amide bonds. The number of ether oxygens (including phenoxy) is 2. The lowest BCUT2D eigenvalue weighted by atomic mass is 9.83. The molecule has 114 valence electrons. The summed E-state index contributed by atoms with van der Waals surface area (Å²) < 4.78 is 10.8. The summed E-state index contributed by atoms with van der Waals surface area (Å²) in [6, 6.07) is 0.542. The minimum atomic E-state index is -0.494. The van der Waals surface area contributed by atoms with Gasteiger partial charge in [-0.05, 0) is 45.1 Å². The maximum atomic E-state index is 12.3. The number of fused-ring (bicyclic) bond motifs is 1. The fraction of sp³-hybridized carbons (Fsp3) is 0.933. The quantitative estimate of drug-likeness (QED) is 0.777. The lowest BCUT2D eigenvalue weighted by Gasteiger charge is -2.43. The van der Waals surface area contributed by atoms with Crippen LogP contribution in [0.4, 0.5) is 0 Å². The van der Waals surface area contributed by atoms with Crippen LogP contribution < -0.4 is 5.32 Å². The van der Waals surface area contributed by atoms with Gasteiger partial charge < -0.3 is 14.4 Å². The van der Waals surface area contributed by atoms with Gasteiger partial charge in [0, 0.05) is 25.7 Å². The third-order valence-corrected chi connectivity index (χ3v) is 5.18. The molecular weight excluding hydrogens is 256 g/mol. The molecule has 0 spiro atoms. The highest BCUT2D eigenvalue weighted by Gasteiger charge is 2.47. The highest BCUT2D eigenvalue weighted by atomic mass is 16.5. The predicted molar refractivity (Wildman–Crippen MR) is 75.6 cm³/mol. The van der Waals surface area contributed by atoms with Crippen molar-refractivity contribution in [3.63, 3.8) is 0 Å². The molecule has 0 aliphatic carbocycles. The maximum absolute atomic E-state index is 12.3. The molecule has 3 rings (SSSR count). The SMILES string of the molecule is COC(=O)C1(NCC2CCCO2)CCN2CCCC2C1. The van der Waals surface area contributed by atoms with Crippen molar-refractivity contribution in [2.75, 3.05) is 33.4 Å². The molecule has 0 aromatic carbocycles. The summed E-state index contributed by atoms with van der Waals surface area (Å²) >= 11 is 0. The summed E-state index contributed by atoms with van der Waals surface area (Å²) in [6.07, 6.45) is 6.69. The van der Waals surface area contributed by atoms with Crippen molar-refractivity contribution in [3.8, 4) is 0 Å². The Kier molecular flexibility index (Phi) is 4.29. The van der Waals surface area contributed by atoms with Gasteiger partial charge in [0.05, 0.1) is 13.2 Å². The highest BCUT2D eigenvalue weighted by molar-refractivity contribution is 5.81. The number of methoxy groups -OCH3 is 1. The van der Waals surface area contributed by atoms with E-state index < -0.39 is 5.54 Å². The van der Waals surface area contributed by atoms with E-state index in [-0.39, 0.29) is 12.1 Å². The Morgan fingerprint density at radius 1 is 1.40 bits per heavy atom. The van der Waals surface area contributed by atoms with Crippen LogP contribution in [0.25, 0.3) is 0 Å². The summed E-state index contributed by atoms with van der Waals surface area (Å²) in [7, 11) is 1.50. The standard InChI is InChI=1S/C15H26N2O3/c1-19-14(18)15(16-11-13-5-3-9-20-13)6-8-17-7-2-4-12(17)10-15/h12-13,16H,2-11H2,1H3. The molecular formula is C15H26N2O3. The van der Waals surface area contributed by atoms with Gasteiger partial charge in [-0.15, -0.1) is 0 Å². The first-order chi connectivity index (χ1) is 9.73. The number of nitrogens with zero attached hydrogens (tertiary/aromatic N) is 1. The van der Waals surface area contributed by atoms with Crippen molar-refractivity contribution >= 4 is 5.97 Å². The van der Waals surface area contributed by atoms with E-state index in [0.29, 0.717) is 6.04 Å². The van der Waals surface area contributed by atoms with E-state index in [1.165, 1.54) is 26.5 Å². The molecule has 5 nitrogen and oxygen atoms in total. The Bertz CT molecular complexity index is 357. The van der Waals surface area contributed by atoms with Crippen molar-refractivity contribution in [1.29, 1.82) is 0 Å². The van der Waals surface area contributed by atoms with Gasteiger partial charge in [0.2, 0.25) is 0 Å². The fourth-order valence-electron chi connectivity index (χ4n) is 3.99. The molecule has 0 aromatic rings. The molecule has 20 heavy (non-hydrogen) atoms. The number of piperidine rings is 1. The summed E-state index contributed by atoms with van der Waals surface area (Å²) in [5.74, 6) is -0.0953. The summed E-state index contributed by atoms with van der Waals surface area (Å²) in [5.41, 5.74) is -0.494. The van der Waals surface area contributed by atoms with Crippen molar-refractivity contribution in [3.05, 3.63) is 0 Å². The monoisotopic (exact) mass is 282 g/mol. The Morgan fingerprint density at radius 2 is 2.30 bits per heavy atom. The number of carbonyl (C=O) groups excluding carboxylic acids is 1. The molecule has 0 aromatic heterocycles. The van der Waals surface area contributed by atoms with Gasteiger partial charge in [0.1, 0.15) is 5.54 Å². The Hall–Kier alpha value is -0.650. The van der Waals surface area contributed by atoms with Crippen LogP contribution in [-0.4, -0.2) is 61.9 Å². The molecule has 3 aliphatic rings. The van der Waals surface area contributed by atoms with E-state index in [1.807, 2.05) is 0 Å². The number of carbonyl (C=O) groups is 1. The summed E-state index contributed by atoms with van der Waals surface area (Å²) in [4.78, 5) is 14.9. The van der Waals surface area contributed by atoms with E-state index in [9.17, 15) is 4.79 Å². The number of hydrogen-bond donors (Lipinski definition) is 1. The molecule has 0 radical (unpaired) electrons. The van der Waals surface area contributed by atoms with Crippen LogP contribution in [0.1, 0.15) is 38.5 Å². The van der Waals surface area contributed by atoms with Crippen molar-refractivity contribution < 1.29 is 14.3 Å². The predicted octanol–water partition coefficient (Wildman–Crippen LogP) is 0.925. The minimum Gasteiger partial charge on any atom is -0.468 e. The molecule has 3 saturated heterocycles. The van der Waals surface area contributed by atoms with Gasteiger partial charge in [-0.25, -0.2) is 0 Å². The van der Waals surface area contributed by atoms with Crippen molar-refractivity contribution in [2.45, 2.75) is 56.2 Å². The molecule has 3 heterocycles. The lowest BCUT2D eigenvalue weighted by Crippen LogP contribution is -2.61. The van der Waals surface area contributed by atoms with Crippen LogP contribution in [-0.2, 0) is 14.3 Å². The zero-order valence-corrected chi connectivity index (χ0v) is 12.4.